The third-order valence-corrected chi connectivity index (χ3v) is 5.06. The lowest BCUT2D eigenvalue weighted by atomic mass is 10.2. The summed E-state index contributed by atoms with van der Waals surface area (Å²) in [4.78, 5) is 17.2. The highest BCUT2D eigenvalue weighted by molar-refractivity contribution is 9.10. The zero-order valence-corrected chi connectivity index (χ0v) is 17.6. The SMILES string of the molecule is O=C(NCc1ccccc1)c1nc(-c2ccc(Cl)cc2)n(-c2ccc(Br)cc2)n1. The van der Waals surface area contributed by atoms with Crippen LogP contribution in [0.5, 0.6) is 0 Å². The first-order valence-electron chi connectivity index (χ1n) is 8.91. The molecule has 0 radical (unpaired) electrons. The van der Waals surface area contributed by atoms with Gasteiger partial charge >= 0.3 is 0 Å². The Kier molecular flexibility index (Phi) is 5.74. The number of benzene rings is 3. The fourth-order valence-electron chi connectivity index (χ4n) is 2.81. The first-order chi connectivity index (χ1) is 14.1. The van der Waals surface area contributed by atoms with E-state index in [9.17, 15) is 4.79 Å². The number of halogens is 2. The van der Waals surface area contributed by atoms with Crippen molar-refractivity contribution in [3.8, 4) is 17.1 Å². The minimum absolute atomic E-state index is 0.105. The third kappa shape index (κ3) is 4.55. The standard InChI is InChI=1S/C22H16BrClN4O/c23-17-8-12-19(13-9-17)28-21(16-6-10-18(24)11-7-16)26-20(27-28)22(29)25-14-15-4-2-1-3-5-15/h1-13H,14H2,(H,25,29). The van der Waals surface area contributed by atoms with Crippen LogP contribution in [0.15, 0.2) is 83.3 Å². The summed E-state index contributed by atoms with van der Waals surface area (Å²) < 4.78 is 2.61. The number of nitrogens with zero attached hydrogens (tertiary/aromatic N) is 3. The molecule has 1 N–H and O–H groups in total. The number of hydrogen-bond acceptors (Lipinski definition) is 3. The molecule has 1 amide bonds. The van der Waals surface area contributed by atoms with Crippen molar-refractivity contribution in [3.63, 3.8) is 0 Å². The Bertz CT molecular complexity index is 1060. The van der Waals surface area contributed by atoms with Gasteiger partial charge in [-0.3, -0.25) is 4.79 Å². The van der Waals surface area contributed by atoms with Gasteiger partial charge in [0.15, 0.2) is 5.82 Å². The van der Waals surface area contributed by atoms with E-state index in [0.29, 0.717) is 17.4 Å². The van der Waals surface area contributed by atoms with Crippen LogP contribution in [0.1, 0.15) is 16.2 Å². The Labute approximate surface area is 181 Å². The number of amides is 1. The maximum atomic E-state index is 12.7. The summed E-state index contributed by atoms with van der Waals surface area (Å²) in [5.41, 5.74) is 2.62. The minimum Gasteiger partial charge on any atom is -0.345 e. The molecule has 0 atom stereocenters. The molecule has 1 aromatic heterocycles. The highest BCUT2D eigenvalue weighted by atomic mass is 79.9. The number of aromatic nitrogens is 3. The molecule has 7 heteroatoms. The predicted octanol–water partition coefficient (Wildman–Crippen LogP) is 5.28. The van der Waals surface area contributed by atoms with Gasteiger partial charge in [-0.25, -0.2) is 9.67 Å². The van der Waals surface area contributed by atoms with Crippen LogP contribution in [0.4, 0.5) is 0 Å². The summed E-state index contributed by atoms with van der Waals surface area (Å²) in [7, 11) is 0. The first kappa shape index (κ1) is 19.4. The van der Waals surface area contributed by atoms with E-state index in [4.69, 9.17) is 11.6 Å². The lowest BCUT2D eigenvalue weighted by Crippen LogP contribution is -2.24. The van der Waals surface area contributed by atoms with Gasteiger partial charge < -0.3 is 5.32 Å². The topological polar surface area (TPSA) is 59.8 Å². The van der Waals surface area contributed by atoms with Crippen LogP contribution in [0.2, 0.25) is 5.02 Å². The Balaban J connectivity index is 1.68. The number of carbonyl (C=O) groups excluding carboxylic acids is 1. The molecule has 3 aromatic carbocycles. The highest BCUT2D eigenvalue weighted by Gasteiger charge is 2.18. The Hall–Kier alpha value is -2.96. The molecule has 0 saturated carbocycles. The lowest BCUT2D eigenvalue weighted by Gasteiger charge is -2.06. The lowest BCUT2D eigenvalue weighted by molar-refractivity contribution is 0.0940. The van der Waals surface area contributed by atoms with Crippen LogP contribution >= 0.6 is 27.5 Å². The second kappa shape index (κ2) is 8.59. The molecule has 0 unspecified atom stereocenters. The average molecular weight is 468 g/mol. The number of carbonyl (C=O) groups is 1. The zero-order valence-electron chi connectivity index (χ0n) is 15.2. The molecule has 0 aliphatic carbocycles. The summed E-state index contributed by atoms with van der Waals surface area (Å²) >= 11 is 9.45. The van der Waals surface area contributed by atoms with E-state index in [0.717, 1.165) is 21.3 Å². The normalized spacial score (nSPS) is 10.7. The Morgan fingerprint density at radius 2 is 1.66 bits per heavy atom. The Morgan fingerprint density at radius 1 is 0.966 bits per heavy atom. The quantitative estimate of drug-likeness (QED) is 0.434. The van der Waals surface area contributed by atoms with E-state index in [1.165, 1.54) is 0 Å². The van der Waals surface area contributed by atoms with Crippen molar-refractivity contribution in [1.82, 2.24) is 20.1 Å². The monoisotopic (exact) mass is 466 g/mol. The summed E-state index contributed by atoms with van der Waals surface area (Å²) in [5.74, 6) is 0.336. The molecule has 144 valence electrons. The van der Waals surface area contributed by atoms with E-state index < -0.39 is 0 Å². The molecule has 0 aliphatic heterocycles. The van der Waals surface area contributed by atoms with Gasteiger partial charge in [0.05, 0.1) is 5.69 Å². The van der Waals surface area contributed by atoms with E-state index in [1.54, 1.807) is 16.8 Å². The number of hydrogen-bond donors (Lipinski definition) is 1. The van der Waals surface area contributed by atoms with Gasteiger partial charge in [0.2, 0.25) is 5.82 Å². The fourth-order valence-corrected chi connectivity index (χ4v) is 3.20. The molecule has 1 heterocycles. The smallest absolute Gasteiger partial charge is 0.291 e. The van der Waals surface area contributed by atoms with Gasteiger partial charge in [0.25, 0.3) is 5.91 Å². The van der Waals surface area contributed by atoms with Crippen molar-refractivity contribution in [2.24, 2.45) is 0 Å². The molecule has 0 saturated heterocycles. The summed E-state index contributed by atoms with van der Waals surface area (Å²) in [5, 5.41) is 7.97. The van der Waals surface area contributed by atoms with Crippen molar-refractivity contribution < 1.29 is 4.79 Å². The van der Waals surface area contributed by atoms with Crippen LogP contribution in [-0.2, 0) is 6.54 Å². The first-order valence-corrected chi connectivity index (χ1v) is 10.1. The van der Waals surface area contributed by atoms with Crippen LogP contribution in [0.3, 0.4) is 0 Å². The molecule has 0 fully saturated rings. The van der Waals surface area contributed by atoms with Gasteiger partial charge in [-0.2, -0.15) is 0 Å². The number of rotatable bonds is 5. The Morgan fingerprint density at radius 3 is 2.34 bits per heavy atom. The van der Waals surface area contributed by atoms with Crippen LogP contribution < -0.4 is 5.32 Å². The predicted molar refractivity (Wildman–Crippen MR) is 117 cm³/mol. The maximum absolute atomic E-state index is 12.7. The molecular formula is C22H16BrClN4O. The van der Waals surface area contributed by atoms with E-state index >= 15 is 0 Å². The fraction of sp³-hybridized carbons (Fsp3) is 0.0455. The van der Waals surface area contributed by atoms with E-state index in [-0.39, 0.29) is 11.7 Å². The zero-order chi connectivity index (χ0) is 20.2. The number of nitrogens with one attached hydrogen (secondary N) is 1. The van der Waals surface area contributed by atoms with Crippen LogP contribution in [-0.4, -0.2) is 20.7 Å². The van der Waals surface area contributed by atoms with Crippen molar-refractivity contribution in [1.29, 1.82) is 0 Å². The summed E-state index contributed by atoms with van der Waals surface area (Å²) in [6.07, 6.45) is 0. The molecule has 29 heavy (non-hydrogen) atoms. The summed E-state index contributed by atoms with van der Waals surface area (Å²) in [6, 6.07) is 24.6. The molecule has 4 aromatic rings. The summed E-state index contributed by atoms with van der Waals surface area (Å²) in [6.45, 7) is 0.406. The van der Waals surface area contributed by atoms with Gasteiger partial charge in [-0.05, 0) is 54.1 Å². The molecule has 0 spiro atoms. The van der Waals surface area contributed by atoms with Gasteiger partial charge in [0.1, 0.15) is 0 Å². The second-order valence-electron chi connectivity index (χ2n) is 6.32. The molecular weight excluding hydrogens is 452 g/mol. The van der Waals surface area contributed by atoms with Crippen molar-refractivity contribution in [2.75, 3.05) is 0 Å². The van der Waals surface area contributed by atoms with Gasteiger partial charge in [0, 0.05) is 21.6 Å². The molecule has 4 rings (SSSR count). The molecule has 5 nitrogen and oxygen atoms in total. The minimum atomic E-state index is -0.333. The van der Waals surface area contributed by atoms with Crippen molar-refractivity contribution in [3.05, 3.63) is 99.7 Å². The largest absolute Gasteiger partial charge is 0.345 e. The van der Waals surface area contributed by atoms with Crippen LogP contribution in [0.25, 0.3) is 17.1 Å². The van der Waals surface area contributed by atoms with E-state index in [1.807, 2.05) is 66.7 Å². The van der Waals surface area contributed by atoms with Gasteiger partial charge in [-0.15, -0.1) is 5.10 Å². The van der Waals surface area contributed by atoms with Crippen LogP contribution in [0, 0.1) is 0 Å². The van der Waals surface area contributed by atoms with E-state index in [2.05, 4.69) is 31.3 Å². The van der Waals surface area contributed by atoms with Crippen molar-refractivity contribution >= 4 is 33.4 Å². The highest BCUT2D eigenvalue weighted by Crippen LogP contribution is 2.24. The second-order valence-corrected chi connectivity index (χ2v) is 7.67. The third-order valence-electron chi connectivity index (χ3n) is 4.28. The molecule has 0 bridgehead atoms. The molecule has 0 aliphatic rings. The average Bonchev–Trinajstić information content (AvgIpc) is 3.19. The maximum Gasteiger partial charge on any atom is 0.291 e. The van der Waals surface area contributed by atoms with Gasteiger partial charge in [-0.1, -0.05) is 57.9 Å². The van der Waals surface area contributed by atoms with Crippen molar-refractivity contribution in [2.45, 2.75) is 6.54 Å².